The zero-order chi connectivity index (χ0) is 10.0. The van der Waals surface area contributed by atoms with Gasteiger partial charge in [-0.3, -0.25) is 4.68 Å². The quantitative estimate of drug-likeness (QED) is 0.745. The first kappa shape index (κ1) is 9.99. The third kappa shape index (κ3) is 1.98. The lowest BCUT2D eigenvalue weighted by molar-refractivity contribution is 0.731. The van der Waals surface area contributed by atoms with Gasteiger partial charge in [0.25, 0.3) is 0 Å². The van der Waals surface area contributed by atoms with Crippen molar-refractivity contribution in [3.63, 3.8) is 0 Å². The van der Waals surface area contributed by atoms with Crippen LogP contribution in [0.25, 0.3) is 6.08 Å². The van der Waals surface area contributed by atoms with E-state index in [1.165, 1.54) is 16.8 Å². The first-order valence-corrected chi connectivity index (χ1v) is 4.43. The molecule has 0 unspecified atom stereocenters. The van der Waals surface area contributed by atoms with E-state index in [-0.39, 0.29) is 0 Å². The molecule has 72 valence electrons. The Hall–Kier alpha value is -1.09. The maximum atomic E-state index is 5.53. The predicted molar refractivity (Wildman–Crippen MR) is 55.4 cm³/mol. The van der Waals surface area contributed by atoms with Crippen LogP contribution < -0.4 is 5.73 Å². The number of aryl methyl sites for hydroxylation is 2. The second-order valence-electron chi connectivity index (χ2n) is 3.40. The number of hydrogen-bond acceptors (Lipinski definition) is 2. The molecule has 0 bridgehead atoms. The van der Waals surface area contributed by atoms with E-state index in [1.54, 1.807) is 0 Å². The Balaban J connectivity index is 3.14. The average Bonchev–Trinajstić information content (AvgIpc) is 2.32. The van der Waals surface area contributed by atoms with E-state index in [1.807, 2.05) is 25.6 Å². The molecular weight excluding hydrogens is 162 g/mol. The number of rotatable bonds is 2. The summed E-state index contributed by atoms with van der Waals surface area (Å²) in [4.78, 5) is 0. The summed E-state index contributed by atoms with van der Waals surface area (Å²) < 4.78 is 1.89. The highest BCUT2D eigenvalue weighted by molar-refractivity contribution is 5.57. The van der Waals surface area contributed by atoms with E-state index in [9.17, 15) is 0 Å². The summed E-state index contributed by atoms with van der Waals surface area (Å²) in [7, 11) is 1.96. The Kier molecular flexibility index (Phi) is 2.88. The van der Waals surface area contributed by atoms with Crippen molar-refractivity contribution in [2.75, 3.05) is 6.54 Å². The van der Waals surface area contributed by atoms with Crippen LogP contribution in [0.3, 0.4) is 0 Å². The molecular formula is C10H17N3. The third-order valence-corrected chi connectivity index (χ3v) is 2.28. The zero-order valence-corrected chi connectivity index (χ0v) is 8.76. The van der Waals surface area contributed by atoms with Crippen LogP contribution in [-0.2, 0) is 7.05 Å². The third-order valence-electron chi connectivity index (χ3n) is 2.28. The van der Waals surface area contributed by atoms with Crippen molar-refractivity contribution in [2.45, 2.75) is 20.8 Å². The van der Waals surface area contributed by atoms with Crippen molar-refractivity contribution in [3.8, 4) is 0 Å². The van der Waals surface area contributed by atoms with Gasteiger partial charge in [-0.2, -0.15) is 5.10 Å². The predicted octanol–water partition coefficient (Wildman–Crippen LogP) is 1.40. The van der Waals surface area contributed by atoms with Gasteiger partial charge in [0.05, 0.1) is 5.69 Å². The van der Waals surface area contributed by atoms with Gasteiger partial charge >= 0.3 is 0 Å². The van der Waals surface area contributed by atoms with E-state index in [0.29, 0.717) is 6.54 Å². The van der Waals surface area contributed by atoms with Crippen LogP contribution in [0, 0.1) is 13.8 Å². The van der Waals surface area contributed by atoms with Crippen molar-refractivity contribution in [1.29, 1.82) is 0 Å². The molecule has 3 heteroatoms. The number of nitrogens with two attached hydrogens (primary N) is 1. The van der Waals surface area contributed by atoms with Gasteiger partial charge in [0.15, 0.2) is 0 Å². The molecule has 1 aromatic rings. The maximum Gasteiger partial charge on any atom is 0.0668 e. The highest BCUT2D eigenvalue weighted by atomic mass is 15.3. The van der Waals surface area contributed by atoms with E-state index in [0.717, 1.165) is 5.69 Å². The van der Waals surface area contributed by atoms with Crippen LogP contribution in [0.4, 0.5) is 0 Å². The summed E-state index contributed by atoms with van der Waals surface area (Å²) in [6.45, 7) is 6.72. The lowest BCUT2D eigenvalue weighted by atomic mass is 10.1. The maximum absolute atomic E-state index is 5.53. The second kappa shape index (κ2) is 3.75. The van der Waals surface area contributed by atoms with Crippen LogP contribution in [0.2, 0.25) is 0 Å². The molecule has 0 fully saturated rings. The van der Waals surface area contributed by atoms with Gasteiger partial charge in [0, 0.05) is 24.8 Å². The van der Waals surface area contributed by atoms with Crippen molar-refractivity contribution in [2.24, 2.45) is 12.8 Å². The van der Waals surface area contributed by atoms with E-state index >= 15 is 0 Å². The molecule has 1 rings (SSSR count). The molecule has 0 aromatic carbocycles. The SMILES string of the molecule is C/C(=C\c1c(C)nn(C)c1C)CN. The molecule has 13 heavy (non-hydrogen) atoms. The van der Waals surface area contributed by atoms with Crippen molar-refractivity contribution in [3.05, 3.63) is 22.5 Å². The van der Waals surface area contributed by atoms with Crippen LogP contribution in [-0.4, -0.2) is 16.3 Å². The summed E-state index contributed by atoms with van der Waals surface area (Å²) >= 11 is 0. The van der Waals surface area contributed by atoms with Gasteiger partial charge in [-0.05, 0) is 20.8 Å². The Morgan fingerprint density at radius 1 is 1.54 bits per heavy atom. The largest absolute Gasteiger partial charge is 0.327 e. The molecule has 3 nitrogen and oxygen atoms in total. The Morgan fingerprint density at radius 3 is 2.54 bits per heavy atom. The van der Waals surface area contributed by atoms with Crippen molar-refractivity contribution < 1.29 is 0 Å². The van der Waals surface area contributed by atoms with Crippen LogP contribution in [0.5, 0.6) is 0 Å². The molecule has 1 heterocycles. The summed E-state index contributed by atoms with van der Waals surface area (Å²) in [5.74, 6) is 0. The lowest BCUT2D eigenvalue weighted by Gasteiger charge is -1.97. The zero-order valence-electron chi connectivity index (χ0n) is 8.76. The molecule has 0 aliphatic rings. The van der Waals surface area contributed by atoms with Gasteiger partial charge in [-0.15, -0.1) is 0 Å². The number of hydrogen-bond donors (Lipinski definition) is 1. The van der Waals surface area contributed by atoms with Gasteiger partial charge in [0.2, 0.25) is 0 Å². The molecule has 1 aromatic heterocycles. The average molecular weight is 179 g/mol. The summed E-state index contributed by atoms with van der Waals surface area (Å²) in [6.07, 6.45) is 2.11. The van der Waals surface area contributed by atoms with Crippen LogP contribution in [0.1, 0.15) is 23.9 Å². The second-order valence-corrected chi connectivity index (χ2v) is 3.40. The molecule has 0 spiro atoms. The van der Waals surface area contributed by atoms with Gasteiger partial charge in [-0.25, -0.2) is 0 Å². The van der Waals surface area contributed by atoms with E-state index in [4.69, 9.17) is 5.73 Å². The molecule has 2 N–H and O–H groups in total. The minimum absolute atomic E-state index is 0.605. The van der Waals surface area contributed by atoms with E-state index in [2.05, 4.69) is 18.1 Å². The normalized spacial score (nSPS) is 12.2. The van der Waals surface area contributed by atoms with Gasteiger partial charge in [-0.1, -0.05) is 11.6 Å². The number of aromatic nitrogens is 2. The van der Waals surface area contributed by atoms with Gasteiger partial charge in [0.1, 0.15) is 0 Å². The summed E-state index contributed by atoms with van der Waals surface area (Å²) in [6, 6.07) is 0. The lowest BCUT2D eigenvalue weighted by Crippen LogP contribution is -1.99. The Morgan fingerprint density at radius 2 is 2.15 bits per heavy atom. The smallest absolute Gasteiger partial charge is 0.0668 e. The molecule has 0 radical (unpaired) electrons. The molecule has 0 saturated carbocycles. The Bertz CT molecular complexity index is 334. The minimum atomic E-state index is 0.605. The Labute approximate surface area is 79.2 Å². The topological polar surface area (TPSA) is 43.8 Å². The monoisotopic (exact) mass is 179 g/mol. The standard InChI is InChI=1S/C10H17N3/c1-7(6-11)5-10-8(2)12-13(4)9(10)3/h5H,6,11H2,1-4H3/b7-5+. The molecule has 0 amide bonds. The summed E-state index contributed by atoms with van der Waals surface area (Å²) in [5, 5.41) is 4.33. The fourth-order valence-corrected chi connectivity index (χ4v) is 1.30. The fourth-order valence-electron chi connectivity index (χ4n) is 1.30. The van der Waals surface area contributed by atoms with Crippen LogP contribution >= 0.6 is 0 Å². The molecule has 0 saturated heterocycles. The first-order chi connectivity index (χ1) is 6.06. The van der Waals surface area contributed by atoms with Crippen molar-refractivity contribution >= 4 is 6.08 Å². The molecule has 0 aliphatic carbocycles. The summed E-state index contributed by atoms with van der Waals surface area (Å²) in [5.41, 5.74) is 10.2. The number of nitrogens with zero attached hydrogens (tertiary/aromatic N) is 2. The van der Waals surface area contributed by atoms with Gasteiger partial charge < -0.3 is 5.73 Å². The van der Waals surface area contributed by atoms with E-state index < -0.39 is 0 Å². The molecule has 0 atom stereocenters. The minimum Gasteiger partial charge on any atom is -0.327 e. The highest BCUT2D eigenvalue weighted by Gasteiger charge is 2.05. The molecule has 0 aliphatic heterocycles. The highest BCUT2D eigenvalue weighted by Crippen LogP contribution is 2.15. The van der Waals surface area contributed by atoms with Crippen LogP contribution in [0.15, 0.2) is 5.57 Å². The fraction of sp³-hybridized carbons (Fsp3) is 0.500. The van der Waals surface area contributed by atoms with Crippen molar-refractivity contribution in [1.82, 2.24) is 9.78 Å². The first-order valence-electron chi connectivity index (χ1n) is 4.43.